The summed E-state index contributed by atoms with van der Waals surface area (Å²) < 4.78 is 27.3. The molecule has 0 aromatic heterocycles. The molecule has 0 heterocycles. The number of methoxy groups -OCH3 is 3. The molecule has 1 aromatic rings. The quantitative estimate of drug-likeness (QED) is 0.702. The Morgan fingerprint density at radius 2 is 1.80 bits per heavy atom. The van der Waals surface area contributed by atoms with E-state index in [2.05, 4.69) is 5.32 Å². The van der Waals surface area contributed by atoms with Crippen molar-refractivity contribution in [2.45, 2.75) is 13.5 Å². The predicted octanol–water partition coefficient (Wildman–Crippen LogP) is 1.57. The van der Waals surface area contributed by atoms with Crippen LogP contribution in [-0.2, 0) is 17.3 Å². The number of hydrogen-bond acceptors (Lipinski definition) is 5. The van der Waals surface area contributed by atoms with Gasteiger partial charge in [-0.2, -0.15) is 0 Å². The SMILES string of the molecule is CCS(=O)CCNCc1ccc(OC)c(OC)c1OC. The van der Waals surface area contributed by atoms with E-state index in [9.17, 15) is 4.21 Å². The minimum atomic E-state index is -0.742. The van der Waals surface area contributed by atoms with E-state index in [0.29, 0.717) is 41.8 Å². The van der Waals surface area contributed by atoms with Gasteiger partial charge >= 0.3 is 0 Å². The molecule has 1 atom stereocenters. The molecular weight excluding hydrogens is 278 g/mol. The van der Waals surface area contributed by atoms with Crippen molar-refractivity contribution in [1.82, 2.24) is 5.32 Å². The van der Waals surface area contributed by atoms with Gasteiger partial charge in [0.05, 0.1) is 21.3 Å². The van der Waals surface area contributed by atoms with Crippen LogP contribution in [0.2, 0.25) is 0 Å². The van der Waals surface area contributed by atoms with Gasteiger partial charge in [0.1, 0.15) is 0 Å². The molecule has 0 aliphatic rings. The van der Waals surface area contributed by atoms with E-state index in [1.165, 1.54) is 0 Å². The first-order valence-electron chi connectivity index (χ1n) is 6.51. The molecule has 114 valence electrons. The maximum absolute atomic E-state index is 11.3. The van der Waals surface area contributed by atoms with E-state index in [1.54, 1.807) is 21.3 Å². The Bertz CT molecular complexity index is 451. The molecule has 1 rings (SSSR count). The Kier molecular flexibility index (Phi) is 7.40. The van der Waals surface area contributed by atoms with Gasteiger partial charge in [0.2, 0.25) is 5.75 Å². The summed E-state index contributed by atoms with van der Waals surface area (Å²) >= 11 is 0. The van der Waals surface area contributed by atoms with Crippen LogP contribution in [0.4, 0.5) is 0 Å². The lowest BCUT2D eigenvalue weighted by atomic mass is 10.1. The maximum atomic E-state index is 11.3. The van der Waals surface area contributed by atoms with Gasteiger partial charge in [0, 0.05) is 41.0 Å². The van der Waals surface area contributed by atoms with Crippen LogP contribution in [0.5, 0.6) is 17.2 Å². The van der Waals surface area contributed by atoms with E-state index < -0.39 is 10.8 Å². The monoisotopic (exact) mass is 301 g/mol. The topological polar surface area (TPSA) is 56.8 Å². The molecule has 0 aliphatic carbocycles. The second kappa shape index (κ2) is 8.81. The first kappa shape index (κ1) is 16.8. The number of hydrogen-bond donors (Lipinski definition) is 1. The smallest absolute Gasteiger partial charge is 0.203 e. The summed E-state index contributed by atoms with van der Waals surface area (Å²) in [6.07, 6.45) is 0. The van der Waals surface area contributed by atoms with Crippen molar-refractivity contribution in [3.8, 4) is 17.2 Å². The van der Waals surface area contributed by atoms with Crippen molar-refractivity contribution >= 4 is 10.8 Å². The highest BCUT2D eigenvalue weighted by Crippen LogP contribution is 2.39. The molecule has 0 aliphatic heterocycles. The zero-order chi connectivity index (χ0) is 15.0. The minimum Gasteiger partial charge on any atom is -0.493 e. The number of ether oxygens (including phenoxy) is 3. The van der Waals surface area contributed by atoms with E-state index >= 15 is 0 Å². The molecule has 1 N–H and O–H groups in total. The largest absolute Gasteiger partial charge is 0.493 e. The van der Waals surface area contributed by atoms with E-state index in [0.717, 1.165) is 5.56 Å². The normalized spacial score (nSPS) is 12.0. The lowest BCUT2D eigenvalue weighted by Crippen LogP contribution is -2.21. The van der Waals surface area contributed by atoms with Crippen LogP contribution < -0.4 is 19.5 Å². The zero-order valence-electron chi connectivity index (χ0n) is 12.5. The highest BCUT2D eigenvalue weighted by Gasteiger charge is 2.15. The van der Waals surface area contributed by atoms with Crippen LogP contribution in [0.25, 0.3) is 0 Å². The Morgan fingerprint density at radius 1 is 1.10 bits per heavy atom. The second-order valence-electron chi connectivity index (χ2n) is 4.10. The lowest BCUT2D eigenvalue weighted by Gasteiger charge is -2.16. The number of nitrogens with one attached hydrogen (secondary N) is 1. The minimum absolute atomic E-state index is 0.589. The third kappa shape index (κ3) is 4.38. The number of rotatable bonds is 9. The summed E-state index contributed by atoms with van der Waals surface area (Å²) in [5.41, 5.74) is 0.979. The average molecular weight is 301 g/mol. The molecule has 0 bridgehead atoms. The summed E-state index contributed by atoms with van der Waals surface area (Å²) in [5, 5.41) is 3.26. The van der Waals surface area contributed by atoms with Crippen LogP contribution >= 0.6 is 0 Å². The maximum Gasteiger partial charge on any atom is 0.203 e. The summed E-state index contributed by atoms with van der Waals surface area (Å²) in [6.45, 7) is 3.26. The molecule has 20 heavy (non-hydrogen) atoms. The number of benzene rings is 1. The molecule has 1 unspecified atom stereocenters. The van der Waals surface area contributed by atoms with Gasteiger partial charge in [-0.05, 0) is 6.07 Å². The molecule has 0 fully saturated rings. The highest BCUT2D eigenvalue weighted by atomic mass is 32.2. The van der Waals surface area contributed by atoms with E-state index in [-0.39, 0.29) is 0 Å². The molecule has 0 saturated heterocycles. The van der Waals surface area contributed by atoms with Gasteiger partial charge in [0.25, 0.3) is 0 Å². The van der Waals surface area contributed by atoms with Gasteiger partial charge in [0.15, 0.2) is 11.5 Å². The zero-order valence-corrected chi connectivity index (χ0v) is 13.3. The fourth-order valence-electron chi connectivity index (χ4n) is 1.86. The molecule has 0 saturated carbocycles. The van der Waals surface area contributed by atoms with Crippen LogP contribution in [0.15, 0.2) is 12.1 Å². The van der Waals surface area contributed by atoms with Crippen molar-refractivity contribution < 1.29 is 18.4 Å². The van der Waals surface area contributed by atoms with Gasteiger partial charge in [-0.1, -0.05) is 13.0 Å². The molecule has 6 heteroatoms. The fourth-order valence-corrected chi connectivity index (χ4v) is 2.52. The van der Waals surface area contributed by atoms with Crippen LogP contribution in [0.3, 0.4) is 0 Å². The molecule has 0 spiro atoms. The molecular formula is C14H23NO4S. The molecule has 0 amide bonds. The van der Waals surface area contributed by atoms with Gasteiger partial charge in [-0.25, -0.2) is 0 Å². The van der Waals surface area contributed by atoms with Crippen molar-refractivity contribution in [3.05, 3.63) is 17.7 Å². The van der Waals surface area contributed by atoms with Crippen LogP contribution in [-0.4, -0.2) is 43.6 Å². The van der Waals surface area contributed by atoms with E-state index in [1.807, 2.05) is 19.1 Å². The third-order valence-corrected chi connectivity index (χ3v) is 4.23. The standard InChI is InChI=1S/C14H23NO4S/c1-5-20(16)9-8-15-10-11-6-7-12(17-2)14(19-4)13(11)18-3/h6-7,15H,5,8-10H2,1-4H3. The van der Waals surface area contributed by atoms with Crippen molar-refractivity contribution in [2.24, 2.45) is 0 Å². The second-order valence-corrected chi connectivity index (χ2v) is 5.97. The Labute approximate surface area is 123 Å². The van der Waals surface area contributed by atoms with Gasteiger partial charge in [-0.15, -0.1) is 0 Å². The van der Waals surface area contributed by atoms with Gasteiger partial charge < -0.3 is 19.5 Å². The summed E-state index contributed by atoms with van der Waals surface area (Å²) in [5.74, 6) is 3.25. The Morgan fingerprint density at radius 3 is 2.35 bits per heavy atom. The first-order valence-corrected chi connectivity index (χ1v) is 8.00. The predicted molar refractivity (Wildman–Crippen MR) is 81.4 cm³/mol. The van der Waals surface area contributed by atoms with E-state index in [4.69, 9.17) is 14.2 Å². The lowest BCUT2D eigenvalue weighted by molar-refractivity contribution is 0.321. The van der Waals surface area contributed by atoms with Crippen molar-refractivity contribution in [2.75, 3.05) is 39.4 Å². The fraction of sp³-hybridized carbons (Fsp3) is 0.571. The average Bonchev–Trinajstić information content (AvgIpc) is 2.49. The Balaban J connectivity index is 2.72. The van der Waals surface area contributed by atoms with Crippen LogP contribution in [0, 0.1) is 0 Å². The molecule has 5 nitrogen and oxygen atoms in total. The first-order chi connectivity index (χ1) is 9.67. The summed E-state index contributed by atoms with van der Waals surface area (Å²) in [6, 6.07) is 3.78. The molecule has 1 aromatic carbocycles. The molecule has 0 radical (unpaired) electrons. The van der Waals surface area contributed by atoms with Crippen molar-refractivity contribution in [1.29, 1.82) is 0 Å². The highest BCUT2D eigenvalue weighted by molar-refractivity contribution is 7.84. The van der Waals surface area contributed by atoms with Gasteiger partial charge in [-0.3, -0.25) is 4.21 Å². The third-order valence-electron chi connectivity index (χ3n) is 2.93. The van der Waals surface area contributed by atoms with Crippen LogP contribution in [0.1, 0.15) is 12.5 Å². The van der Waals surface area contributed by atoms with Crippen molar-refractivity contribution in [3.63, 3.8) is 0 Å². The summed E-state index contributed by atoms with van der Waals surface area (Å²) in [4.78, 5) is 0. The summed E-state index contributed by atoms with van der Waals surface area (Å²) in [7, 11) is 4.04. The Hall–Kier alpha value is -1.27.